The summed E-state index contributed by atoms with van der Waals surface area (Å²) in [5.74, 6) is -0.922. The third-order valence-electron chi connectivity index (χ3n) is 2.90. The zero-order valence-corrected chi connectivity index (χ0v) is 8.68. The molecule has 1 N–H and O–H groups in total. The number of likely N-dealkylation sites (tertiary alicyclic amines) is 1. The van der Waals surface area contributed by atoms with E-state index in [-0.39, 0.29) is 5.56 Å². The van der Waals surface area contributed by atoms with Gasteiger partial charge in [-0.05, 0) is 38.6 Å². The molecule has 1 saturated heterocycles. The summed E-state index contributed by atoms with van der Waals surface area (Å²) in [5, 5.41) is 8.74. The lowest BCUT2D eigenvalue weighted by atomic mass is 10.1. The molecule has 0 saturated carbocycles. The SMILES string of the molecule is CN1CCCC1c1ccc(C(=O)O)cn1. The highest BCUT2D eigenvalue weighted by Crippen LogP contribution is 2.28. The van der Waals surface area contributed by atoms with Crippen LogP contribution >= 0.6 is 0 Å². The third kappa shape index (κ3) is 1.99. The molecule has 15 heavy (non-hydrogen) atoms. The van der Waals surface area contributed by atoms with Crippen molar-refractivity contribution in [1.29, 1.82) is 0 Å². The Labute approximate surface area is 88.6 Å². The predicted octanol–water partition coefficient (Wildman–Crippen LogP) is 1.55. The Hall–Kier alpha value is -1.42. The van der Waals surface area contributed by atoms with Gasteiger partial charge < -0.3 is 5.11 Å². The Bertz CT molecular complexity index is 361. The van der Waals surface area contributed by atoms with E-state index in [9.17, 15) is 4.79 Å². The highest BCUT2D eigenvalue weighted by molar-refractivity contribution is 5.87. The quantitative estimate of drug-likeness (QED) is 0.797. The van der Waals surface area contributed by atoms with Gasteiger partial charge in [-0.25, -0.2) is 4.79 Å². The van der Waals surface area contributed by atoms with Crippen LogP contribution in [0.1, 0.15) is 34.9 Å². The van der Waals surface area contributed by atoms with Crippen molar-refractivity contribution >= 4 is 5.97 Å². The van der Waals surface area contributed by atoms with Crippen LogP contribution in [0.3, 0.4) is 0 Å². The molecule has 1 aromatic rings. The number of rotatable bonds is 2. The van der Waals surface area contributed by atoms with Gasteiger partial charge in [0, 0.05) is 6.20 Å². The first-order valence-corrected chi connectivity index (χ1v) is 5.08. The average molecular weight is 206 g/mol. The van der Waals surface area contributed by atoms with Gasteiger partial charge >= 0.3 is 5.97 Å². The largest absolute Gasteiger partial charge is 0.478 e. The van der Waals surface area contributed by atoms with Crippen molar-refractivity contribution in [2.75, 3.05) is 13.6 Å². The molecular weight excluding hydrogens is 192 g/mol. The first-order valence-electron chi connectivity index (χ1n) is 5.08. The molecule has 1 aliphatic heterocycles. The van der Waals surface area contributed by atoms with Crippen molar-refractivity contribution < 1.29 is 9.90 Å². The first kappa shape index (κ1) is 10.1. The number of aromatic nitrogens is 1. The number of carbonyl (C=O) groups is 1. The normalized spacial score (nSPS) is 21.8. The summed E-state index contributed by atoms with van der Waals surface area (Å²) in [7, 11) is 2.07. The van der Waals surface area contributed by atoms with Crippen molar-refractivity contribution in [2.24, 2.45) is 0 Å². The molecule has 0 amide bonds. The van der Waals surface area contributed by atoms with E-state index >= 15 is 0 Å². The fraction of sp³-hybridized carbons (Fsp3) is 0.455. The van der Waals surface area contributed by atoms with Crippen LogP contribution in [0.25, 0.3) is 0 Å². The molecule has 4 heteroatoms. The van der Waals surface area contributed by atoms with Gasteiger partial charge in [0.25, 0.3) is 0 Å². The molecule has 0 spiro atoms. The van der Waals surface area contributed by atoms with Crippen molar-refractivity contribution in [3.8, 4) is 0 Å². The van der Waals surface area contributed by atoms with Crippen LogP contribution in [0.15, 0.2) is 18.3 Å². The van der Waals surface area contributed by atoms with Gasteiger partial charge in [-0.3, -0.25) is 9.88 Å². The maximum atomic E-state index is 10.6. The smallest absolute Gasteiger partial charge is 0.337 e. The van der Waals surface area contributed by atoms with E-state index in [0.29, 0.717) is 6.04 Å². The molecule has 1 aliphatic rings. The van der Waals surface area contributed by atoms with E-state index in [1.54, 1.807) is 6.07 Å². The van der Waals surface area contributed by atoms with Crippen molar-refractivity contribution in [3.63, 3.8) is 0 Å². The zero-order valence-electron chi connectivity index (χ0n) is 8.68. The lowest BCUT2D eigenvalue weighted by Crippen LogP contribution is -2.18. The molecule has 1 fully saturated rings. The summed E-state index contributed by atoms with van der Waals surface area (Å²) in [6.45, 7) is 1.09. The molecule has 4 nitrogen and oxygen atoms in total. The second-order valence-corrected chi connectivity index (χ2v) is 3.92. The number of aromatic carboxylic acids is 1. The Morgan fingerprint density at radius 1 is 1.60 bits per heavy atom. The van der Waals surface area contributed by atoms with Crippen molar-refractivity contribution in [1.82, 2.24) is 9.88 Å². The van der Waals surface area contributed by atoms with Crippen LogP contribution in [0.4, 0.5) is 0 Å². The van der Waals surface area contributed by atoms with E-state index in [1.165, 1.54) is 12.6 Å². The van der Waals surface area contributed by atoms with Gasteiger partial charge in [-0.15, -0.1) is 0 Å². The Balaban J connectivity index is 2.19. The van der Waals surface area contributed by atoms with Crippen molar-refractivity contribution in [3.05, 3.63) is 29.6 Å². The highest BCUT2D eigenvalue weighted by atomic mass is 16.4. The second kappa shape index (κ2) is 3.98. The molecule has 1 aromatic heterocycles. The summed E-state index contributed by atoms with van der Waals surface area (Å²) < 4.78 is 0. The lowest BCUT2D eigenvalue weighted by molar-refractivity contribution is 0.0696. The fourth-order valence-corrected chi connectivity index (χ4v) is 2.01. The molecule has 80 valence electrons. The van der Waals surface area contributed by atoms with E-state index < -0.39 is 5.97 Å². The van der Waals surface area contributed by atoms with E-state index in [2.05, 4.69) is 16.9 Å². The maximum Gasteiger partial charge on any atom is 0.337 e. The van der Waals surface area contributed by atoms with Gasteiger partial charge in [-0.1, -0.05) is 0 Å². The molecule has 0 radical (unpaired) electrons. The Morgan fingerprint density at radius 2 is 2.40 bits per heavy atom. The summed E-state index contributed by atoms with van der Waals surface area (Å²) in [4.78, 5) is 17.1. The third-order valence-corrected chi connectivity index (χ3v) is 2.90. The standard InChI is InChI=1S/C11H14N2O2/c1-13-6-2-3-10(13)9-5-4-8(7-12-9)11(14)15/h4-5,7,10H,2-3,6H2,1H3,(H,14,15). The fourth-order valence-electron chi connectivity index (χ4n) is 2.01. The van der Waals surface area contributed by atoms with Crippen molar-refractivity contribution in [2.45, 2.75) is 18.9 Å². The van der Waals surface area contributed by atoms with Gasteiger partial charge in [0.05, 0.1) is 17.3 Å². The number of hydrogen-bond donors (Lipinski definition) is 1. The number of pyridine rings is 1. The maximum absolute atomic E-state index is 10.6. The van der Waals surface area contributed by atoms with Crippen LogP contribution in [0.5, 0.6) is 0 Å². The topological polar surface area (TPSA) is 53.4 Å². The average Bonchev–Trinajstić information content (AvgIpc) is 2.65. The van der Waals surface area contributed by atoms with Crippen LogP contribution in [0, 0.1) is 0 Å². The predicted molar refractivity (Wildman–Crippen MR) is 55.8 cm³/mol. The number of nitrogens with zero attached hydrogens (tertiary/aromatic N) is 2. The minimum Gasteiger partial charge on any atom is -0.478 e. The molecule has 0 aliphatic carbocycles. The van der Waals surface area contributed by atoms with Gasteiger partial charge in [0.15, 0.2) is 0 Å². The molecular formula is C11H14N2O2. The second-order valence-electron chi connectivity index (χ2n) is 3.92. The molecule has 1 unspecified atom stereocenters. The molecule has 1 atom stereocenters. The molecule has 2 heterocycles. The zero-order chi connectivity index (χ0) is 10.8. The minimum atomic E-state index is -0.922. The highest BCUT2D eigenvalue weighted by Gasteiger charge is 2.23. The molecule has 0 bridgehead atoms. The lowest BCUT2D eigenvalue weighted by Gasteiger charge is -2.18. The van der Waals surface area contributed by atoms with E-state index in [0.717, 1.165) is 18.7 Å². The van der Waals surface area contributed by atoms with Gasteiger partial charge in [0.1, 0.15) is 0 Å². The number of carboxylic acid groups (broad SMARTS) is 1. The Kier molecular flexibility index (Phi) is 2.68. The van der Waals surface area contributed by atoms with E-state index in [4.69, 9.17) is 5.11 Å². The van der Waals surface area contributed by atoms with Crippen LogP contribution in [-0.2, 0) is 0 Å². The minimum absolute atomic E-state index is 0.249. The summed E-state index contributed by atoms with van der Waals surface area (Å²) in [6, 6.07) is 3.79. The van der Waals surface area contributed by atoms with Crippen LogP contribution in [-0.4, -0.2) is 34.6 Å². The van der Waals surface area contributed by atoms with Gasteiger partial charge in [0.2, 0.25) is 0 Å². The number of carboxylic acids is 1. The van der Waals surface area contributed by atoms with Crippen LogP contribution < -0.4 is 0 Å². The number of hydrogen-bond acceptors (Lipinski definition) is 3. The molecule has 0 aromatic carbocycles. The summed E-state index contributed by atoms with van der Waals surface area (Å²) >= 11 is 0. The van der Waals surface area contributed by atoms with Gasteiger partial charge in [-0.2, -0.15) is 0 Å². The first-order chi connectivity index (χ1) is 7.18. The summed E-state index contributed by atoms with van der Waals surface area (Å²) in [6.07, 6.45) is 3.73. The van der Waals surface area contributed by atoms with Crippen LogP contribution in [0.2, 0.25) is 0 Å². The monoisotopic (exact) mass is 206 g/mol. The van der Waals surface area contributed by atoms with E-state index in [1.807, 2.05) is 6.07 Å². The summed E-state index contributed by atoms with van der Waals surface area (Å²) in [5.41, 5.74) is 1.22. The molecule has 2 rings (SSSR count). The Morgan fingerprint density at radius 3 is 2.87 bits per heavy atom.